The van der Waals surface area contributed by atoms with E-state index in [9.17, 15) is 9.59 Å². The van der Waals surface area contributed by atoms with E-state index in [1.807, 2.05) is 6.92 Å². The zero-order chi connectivity index (χ0) is 15.3. The zero-order valence-corrected chi connectivity index (χ0v) is 13.6. The number of amides is 2. The van der Waals surface area contributed by atoms with Crippen molar-refractivity contribution in [1.29, 1.82) is 0 Å². The van der Waals surface area contributed by atoms with Crippen LogP contribution in [0.5, 0.6) is 0 Å². The fraction of sp³-hybridized carbons (Fsp3) is 0.600. The molecule has 0 spiro atoms. The Balaban J connectivity index is 0.00000242. The lowest BCUT2D eigenvalue weighted by molar-refractivity contribution is -0.126. The van der Waals surface area contributed by atoms with Crippen molar-refractivity contribution in [3.05, 3.63) is 23.7 Å². The highest BCUT2D eigenvalue weighted by Crippen LogP contribution is 2.27. The van der Waals surface area contributed by atoms with Crippen LogP contribution in [-0.2, 0) is 4.79 Å². The fourth-order valence-corrected chi connectivity index (χ4v) is 2.59. The van der Waals surface area contributed by atoms with E-state index in [0.29, 0.717) is 25.3 Å². The lowest BCUT2D eigenvalue weighted by Crippen LogP contribution is -2.52. The molecule has 2 rings (SSSR count). The van der Waals surface area contributed by atoms with Crippen LogP contribution in [0.3, 0.4) is 0 Å². The van der Waals surface area contributed by atoms with E-state index < -0.39 is 5.54 Å². The Morgan fingerprint density at radius 1 is 1.27 bits per heavy atom. The number of aryl methyl sites for hydroxylation is 1. The van der Waals surface area contributed by atoms with Gasteiger partial charge < -0.3 is 20.8 Å². The maximum atomic E-state index is 12.0. The molecule has 1 fully saturated rings. The van der Waals surface area contributed by atoms with E-state index in [-0.39, 0.29) is 24.2 Å². The van der Waals surface area contributed by atoms with Crippen molar-refractivity contribution >= 4 is 24.2 Å². The predicted molar refractivity (Wildman–Crippen MR) is 86.0 cm³/mol. The zero-order valence-electron chi connectivity index (χ0n) is 12.8. The Labute approximate surface area is 136 Å². The second kappa shape index (κ2) is 8.19. The van der Waals surface area contributed by atoms with Crippen LogP contribution in [0.4, 0.5) is 0 Å². The molecule has 6 nitrogen and oxygen atoms in total. The molecule has 7 heteroatoms. The molecule has 1 heterocycles. The van der Waals surface area contributed by atoms with Crippen molar-refractivity contribution in [2.24, 2.45) is 5.73 Å². The molecule has 0 aliphatic heterocycles. The maximum Gasteiger partial charge on any atom is 0.287 e. The molecule has 1 aliphatic carbocycles. The fourth-order valence-electron chi connectivity index (χ4n) is 2.59. The second-order valence-electron chi connectivity index (χ2n) is 5.66. The van der Waals surface area contributed by atoms with Gasteiger partial charge in [-0.15, -0.1) is 12.4 Å². The van der Waals surface area contributed by atoms with Gasteiger partial charge in [-0.25, -0.2) is 0 Å². The van der Waals surface area contributed by atoms with Crippen molar-refractivity contribution in [3.8, 4) is 0 Å². The van der Waals surface area contributed by atoms with Crippen molar-refractivity contribution in [1.82, 2.24) is 10.6 Å². The Hall–Kier alpha value is -1.53. The summed E-state index contributed by atoms with van der Waals surface area (Å²) in [5.41, 5.74) is 6.18. The molecule has 0 saturated heterocycles. The van der Waals surface area contributed by atoms with Crippen LogP contribution >= 0.6 is 12.4 Å². The SMILES string of the molecule is Cc1ccoc1C(=O)NCCCNC(=O)C1(N)CCCC1.Cl. The summed E-state index contributed by atoms with van der Waals surface area (Å²) in [6, 6.07) is 1.75. The molecule has 0 bridgehead atoms. The minimum atomic E-state index is -0.686. The van der Waals surface area contributed by atoms with Crippen molar-refractivity contribution < 1.29 is 14.0 Å². The van der Waals surface area contributed by atoms with E-state index in [1.54, 1.807) is 6.07 Å². The molecule has 124 valence electrons. The van der Waals surface area contributed by atoms with E-state index in [4.69, 9.17) is 10.2 Å². The third-order valence-electron chi connectivity index (χ3n) is 3.94. The Bertz CT molecular complexity index is 510. The normalized spacial score (nSPS) is 15.9. The second-order valence-corrected chi connectivity index (χ2v) is 5.66. The van der Waals surface area contributed by atoms with Crippen LogP contribution in [0.25, 0.3) is 0 Å². The van der Waals surface area contributed by atoms with Gasteiger partial charge in [0.1, 0.15) is 0 Å². The molecule has 0 unspecified atom stereocenters. The molecule has 2 amide bonds. The van der Waals surface area contributed by atoms with Gasteiger partial charge in [-0.05, 0) is 32.3 Å². The lowest BCUT2D eigenvalue weighted by Gasteiger charge is -2.22. The number of rotatable bonds is 6. The minimum Gasteiger partial charge on any atom is -0.459 e. The summed E-state index contributed by atoms with van der Waals surface area (Å²) < 4.78 is 5.10. The van der Waals surface area contributed by atoms with Gasteiger partial charge in [-0.3, -0.25) is 9.59 Å². The van der Waals surface area contributed by atoms with Crippen LogP contribution in [-0.4, -0.2) is 30.4 Å². The summed E-state index contributed by atoms with van der Waals surface area (Å²) in [6.07, 6.45) is 5.70. The molecule has 22 heavy (non-hydrogen) atoms. The Kier molecular flexibility index (Phi) is 6.90. The first kappa shape index (κ1) is 18.5. The van der Waals surface area contributed by atoms with Crippen LogP contribution in [0.1, 0.15) is 48.2 Å². The Morgan fingerprint density at radius 3 is 2.50 bits per heavy atom. The van der Waals surface area contributed by atoms with E-state index in [2.05, 4.69) is 10.6 Å². The third-order valence-corrected chi connectivity index (χ3v) is 3.94. The summed E-state index contributed by atoms with van der Waals surface area (Å²) in [4.78, 5) is 23.7. The van der Waals surface area contributed by atoms with E-state index >= 15 is 0 Å². The molecule has 1 aliphatic rings. The number of hydrogen-bond donors (Lipinski definition) is 3. The van der Waals surface area contributed by atoms with Gasteiger partial charge in [-0.1, -0.05) is 12.8 Å². The van der Waals surface area contributed by atoms with Gasteiger partial charge in [0.2, 0.25) is 5.91 Å². The molecule has 0 radical (unpaired) electrons. The largest absolute Gasteiger partial charge is 0.459 e. The number of halogens is 1. The number of hydrogen-bond acceptors (Lipinski definition) is 4. The Morgan fingerprint density at radius 2 is 1.91 bits per heavy atom. The molecule has 1 aromatic rings. The number of furan rings is 1. The first-order chi connectivity index (χ1) is 10.0. The summed E-state index contributed by atoms with van der Waals surface area (Å²) in [5, 5.41) is 5.61. The quantitative estimate of drug-likeness (QED) is 0.689. The highest BCUT2D eigenvalue weighted by atomic mass is 35.5. The average Bonchev–Trinajstić information content (AvgIpc) is 3.07. The van der Waals surface area contributed by atoms with Crippen LogP contribution in [0.2, 0.25) is 0 Å². The predicted octanol–water partition coefficient (Wildman–Crippen LogP) is 1.52. The molecule has 0 aromatic carbocycles. The first-order valence-corrected chi connectivity index (χ1v) is 7.42. The average molecular weight is 330 g/mol. The van der Waals surface area contributed by atoms with Gasteiger partial charge in [0.25, 0.3) is 5.91 Å². The summed E-state index contributed by atoms with van der Waals surface area (Å²) >= 11 is 0. The number of nitrogens with two attached hydrogens (primary N) is 1. The lowest BCUT2D eigenvalue weighted by atomic mass is 9.98. The molecule has 4 N–H and O–H groups in total. The standard InChI is InChI=1S/C15H23N3O3.ClH/c1-11-5-10-21-12(11)13(19)17-8-4-9-18-14(20)15(16)6-2-3-7-15;/h5,10H,2-4,6-9,16H2,1H3,(H,17,19)(H,18,20);1H. The topological polar surface area (TPSA) is 97.4 Å². The van der Waals surface area contributed by atoms with Gasteiger partial charge >= 0.3 is 0 Å². The molecule has 1 saturated carbocycles. The highest BCUT2D eigenvalue weighted by Gasteiger charge is 2.36. The van der Waals surface area contributed by atoms with Crippen molar-refractivity contribution in [3.63, 3.8) is 0 Å². The number of carbonyl (C=O) groups excluding carboxylic acids is 2. The summed E-state index contributed by atoms with van der Waals surface area (Å²) in [7, 11) is 0. The van der Waals surface area contributed by atoms with Gasteiger partial charge in [0.05, 0.1) is 11.8 Å². The number of carbonyl (C=O) groups is 2. The third kappa shape index (κ3) is 4.48. The minimum absolute atomic E-state index is 0. The maximum absolute atomic E-state index is 12.0. The summed E-state index contributed by atoms with van der Waals surface area (Å²) in [5.74, 6) is 0.0361. The number of nitrogens with one attached hydrogen (secondary N) is 2. The summed E-state index contributed by atoms with van der Waals surface area (Å²) in [6.45, 7) is 2.81. The molecular weight excluding hydrogens is 306 g/mol. The van der Waals surface area contributed by atoms with Crippen LogP contribution in [0.15, 0.2) is 16.7 Å². The monoisotopic (exact) mass is 329 g/mol. The van der Waals surface area contributed by atoms with Crippen molar-refractivity contribution in [2.75, 3.05) is 13.1 Å². The van der Waals surface area contributed by atoms with Gasteiger partial charge in [0, 0.05) is 18.7 Å². The van der Waals surface area contributed by atoms with Crippen LogP contribution < -0.4 is 16.4 Å². The molecule has 1 aromatic heterocycles. The van der Waals surface area contributed by atoms with E-state index in [1.165, 1.54) is 6.26 Å². The smallest absolute Gasteiger partial charge is 0.287 e. The van der Waals surface area contributed by atoms with E-state index in [0.717, 1.165) is 31.2 Å². The van der Waals surface area contributed by atoms with Gasteiger partial charge in [0.15, 0.2) is 5.76 Å². The van der Waals surface area contributed by atoms with Crippen LogP contribution in [0, 0.1) is 6.92 Å². The molecule has 0 atom stereocenters. The highest BCUT2D eigenvalue weighted by molar-refractivity contribution is 5.92. The molecular formula is C15H24ClN3O3. The van der Waals surface area contributed by atoms with Crippen molar-refractivity contribution in [2.45, 2.75) is 44.6 Å². The van der Waals surface area contributed by atoms with Gasteiger partial charge in [-0.2, -0.15) is 0 Å². The first-order valence-electron chi connectivity index (χ1n) is 7.42.